The molecule has 0 radical (unpaired) electrons. The van der Waals surface area contributed by atoms with Crippen molar-refractivity contribution in [3.63, 3.8) is 0 Å². The molecule has 0 saturated heterocycles. The Kier molecular flexibility index (Phi) is 3.90. The molecule has 0 heterocycles. The third-order valence-corrected chi connectivity index (χ3v) is 2.72. The lowest BCUT2D eigenvalue weighted by Crippen LogP contribution is -2.48. The van der Waals surface area contributed by atoms with E-state index in [4.69, 9.17) is 5.73 Å². The molecule has 0 saturated carbocycles. The van der Waals surface area contributed by atoms with Gasteiger partial charge in [-0.05, 0) is 37.6 Å². The maximum atomic E-state index is 11.8. The molecule has 1 aromatic rings. The first-order valence-electron chi connectivity index (χ1n) is 5.29. The Morgan fingerprint density at radius 3 is 2.44 bits per heavy atom. The van der Waals surface area contributed by atoms with Crippen LogP contribution in [-0.4, -0.2) is 23.2 Å². The second-order valence-corrected chi connectivity index (χ2v) is 4.15. The van der Waals surface area contributed by atoms with Crippen molar-refractivity contribution in [1.82, 2.24) is 5.32 Å². The van der Waals surface area contributed by atoms with E-state index in [-0.39, 0.29) is 12.5 Å². The molecule has 0 aromatic heterocycles. The van der Waals surface area contributed by atoms with Gasteiger partial charge in [-0.15, -0.1) is 0 Å². The van der Waals surface area contributed by atoms with Crippen LogP contribution in [0.15, 0.2) is 24.3 Å². The van der Waals surface area contributed by atoms with Crippen molar-refractivity contribution >= 4 is 11.6 Å². The van der Waals surface area contributed by atoms with Gasteiger partial charge in [-0.3, -0.25) is 4.79 Å². The fourth-order valence-electron chi connectivity index (χ4n) is 1.22. The second-order valence-electron chi connectivity index (χ2n) is 4.15. The standard InChI is InChI=1S/C12H18N2O2/c1-3-12(2,8-15)14-11(16)9-4-6-10(13)7-5-9/h4-7,15H,3,8,13H2,1-2H3,(H,14,16). The summed E-state index contributed by atoms with van der Waals surface area (Å²) in [6.07, 6.45) is 0.671. The first-order chi connectivity index (χ1) is 7.50. The highest BCUT2D eigenvalue weighted by atomic mass is 16.3. The van der Waals surface area contributed by atoms with Gasteiger partial charge in [-0.1, -0.05) is 6.92 Å². The van der Waals surface area contributed by atoms with Crippen molar-refractivity contribution in [2.45, 2.75) is 25.8 Å². The number of amides is 1. The van der Waals surface area contributed by atoms with E-state index < -0.39 is 5.54 Å². The number of carbonyl (C=O) groups is 1. The summed E-state index contributed by atoms with van der Waals surface area (Å²) in [5, 5.41) is 12.0. The number of nitrogen functional groups attached to an aromatic ring is 1. The number of carbonyl (C=O) groups excluding carboxylic acids is 1. The highest BCUT2D eigenvalue weighted by Gasteiger charge is 2.23. The number of hydrogen-bond donors (Lipinski definition) is 3. The van der Waals surface area contributed by atoms with E-state index in [1.165, 1.54) is 0 Å². The molecular weight excluding hydrogens is 204 g/mol. The van der Waals surface area contributed by atoms with Crippen molar-refractivity contribution in [3.05, 3.63) is 29.8 Å². The van der Waals surface area contributed by atoms with E-state index in [9.17, 15) is 9.90 Å². The Morgan fingerprint density at radius 2 is 2.00 bits per heavy atom. The number of nitrogens with one attached hydrogen (secondary N) is 1. The van der Waals surface area contributed by atoms with Crippen molar-refractivity contribution < 1.29 is 9.90 Å². The van der Waals surface area contributed by atoms with Gasteiger partial charge in [-0.25, -0.2) is 0 Å². The number of hydrogen-bond acceptors (Lipinski definition) is 3. The molecule has 1 amide bonds. The molecule has 0 aliphatic heterocycles. The van der Waals surface area contributed by atoms with Crippen LogP contribution in [0.2, 0.25) is 0 Å². The molecule has 0 fully saturated rings. The number of aliphatic hydroxyl groups excluding tert-OH is 1. The highest BCUT2D eigenvalue weighted by molar-refractivity contribution is 5.94. The summed E-state index contributed by atoms with van der Waals surface area (Å²) in [5.41, 5.74) is 6.13. The number of anilines is 1. The maximum Gasteiger partial charge on any atom is 0.251 e. The van der Waals surface area contributed by atoms with Gasteiger partial charge in [0.25, 0.3) is 5.91 Å². The maximum absolute atomic E-state index is 11.8. The topological polar surface area (TPSA) is 75.3 Å². The Hall–Kier alpha value is -1.55. The third kappa shape index (κ3) is 2.97. The number of rotatable bonds is 4. The monoisotopic (exact) mass is 222 g/mol. The van der Waals surface area contributed by atoms with Gasteiger partial charge >= 0.3 is 0 Å². The molecule has 0 spiro atoms. The summed E-state index contributed by atoms with van der Waals surface area (Å²) in [5.74, 6) is -0.196. The van der Waals surface area contributed by atoms with Gasteiger partial charge in [0.1, 0.15) is 0 Å². The number of aliphatic hydroxyl groups is 1. The third-order valence-electron chi connectivity index (χ3n) is 2.72. The average molecular weight is 222 g/mol. The van der Waals surface area contributed by atoms with Gasteiger partial charge in [0.15, 0.2) is 0 Å². The summed E-state index contributed by atoms with van der Waals surface area (Å²) < 4.78 is 0. The summed E-state index contributed by atoms with van der Waals surface area (Å²) >= 11 is 0. The Balaban J connectivity index is 2.76. The molecule has 88 valence electrons. The molecule has 1 atom stereocenters. The van der Waals surface area contributed by atoms with Gasteiger partial charge in [0.05, 0.1) is 12.1 Å². The van der Waals surface area contributed by atoms with Crippen molar-refractivity contribution in [3.8, 4) is 0 Å². The molecule has 1 rings (SSSR count). The first-order valence-corrected chi connectivity index (χ1v) is 5.29. The Bertz CT molecular complexity index is 356. The molecule has 4 nitrogen and oxygen atoms in total. The predicted octanol–water partition coefficient (Wildman–Crippen LogP) is 1.16. The Morgan fingerprint density at radius 1 is 1.44 bits per heavy atom. The second kappa shape index (κ2) is 4.99. The van der Waals surface area contributed by atoms with Gasteiger partial charge in [-0.2, -0.15) is 0 Å². The van der Waals surface area contributed by atoms with Gasteiger partial charge in [0.2, 0.25) is 0 Å². The van der Waals surface area contributed by atoms with Crippen LogP contribution in [0.25, 0.3) is 0 Å². The van der Waals surface area contributed by atoms with Gasteiger partial charge < -0.3 is 16.2 Å². The molecular formula is C12H18N2O2. The normalized spacial score (nSPS) is 14.2. The SMILES string of the molecule is CCC(C)(CO)NC(=O)c1ccc(N)cc1. The van der Waals surface area contributed by atoms with Crippen LogP contribution in [0.1, 0.15) is 30.6 Å². The lowest BCUT2D eigenvalue weighted by atomic mass is 9.99. The summed E-state index contributed by atoms with van der Waals surface area (Å²) in [6, 6.07) is 6.69. The van der Waals surface area contributed by atoms with Crippen molar-refractivity contribution in [2.75, 3.05) is 12.3 Å². The minimum Gasteiger partial charge on any atom is -0.399 e. The van der Waals surface area contributed by atoms with E-state index in [0.717, 1.165) is 0 Å². The molecule has 0 aliphatic carbocycles. The molecule has 0 bridgehead atoms. The molecule has 1 aromatic carbocycles. The summed E-state index contributed by atoms with van der Waals surface area (Å²) in [4.78, 5) is 11.8. The minimum absolute atomic E-state index is 0.0792. The molecule has 16 heavy (non-hydrogen) atoms. The largest absolute Gasteiger partial charge is 0.399 e. The van der Waals surface area contributed by atoms with E-state index in [0.29, 0.717) is 17.7 Å². The minimum atomic E-state index is -0.571. The lowest BCUT2D eigenvalue weighted by molar-refractivity contribution is 0.0847. The summed E-state index contributed by atoms with van der Waals surface area (Å²) in [7, 11) is 0. The molecule has 1 unspecified atom stereocenters. The highest BCUT2D eigenvalue weighted by Crippen LogP contribution is 2.11. The Labute approximate surface area is 95.5 Å². The smallest absolute Gasteiger partial charge is 0.251 e. The molecule has 4 N–H and O–H groups in total. The van der Waals surface area contributed by atoms with Crippen LogP contribution in [-0.2, 0) is 0 Å². The zero-order valence-electron chi connectivity index (χ0n) is 9.66. The molecule has 0 aliphatic rings. The van der Waals surface area contributed by atoms with E-state index in [2.05, 4.69) is 5.32 Å². The van der Waals surface area contributed by atoms with Crippen LogP contribution in [0.5, 0.6) is 0 Å². The van der Waals surface area contributed by atoms with Crippen LogP contribution >= 0.6 is 0 Å². The quantitative estimate of drug-likeness (QED) is 0.669. The first kappa shape index (κ1) is 12.5. The average Bonchev–Trinajstić information content (AvgIpc) is 2.29. The fraction of sp³-hybridized carbons (Fsp3) is 0.417. The fourth-order valence-corrected chi connectivity index (χ4v) is 1.22. The number of nitrogens with two attached hydrogens (primary N) is 1. The van der Waals surface area contributed by atoms with Crippen LogP contribution in [0.4, 0.5) is 5.69 Å². The van der Waals surface area contributed by atoms with Crippen LogP contribution in [0.3, 0.4) is 0 Å². The van der Waals surface area contributed by atoms with E-state index >= 15 is 0 Å². The van der Waals surface area contributed by atoms with Gasteiger partial charge in [0, 0.05) is 11.3 Å². The van der Waals surface area contributed by atoms with Crippen molar-refractivity contribution in [2.24, 2.45) is 0 Å². The zero-order valence-corrected chi connectivity index (χ0v) is 9.66. The van der Waals surface area contributed by atoms with Crippen molar-refractivity contribution in [1.29, 1.82) is 0 Å². The predicted molar refractivity (Wildman–Crippen MR) is 64.1 cm³/mol. The zero-order chi connectivity index (χ0) is 12.2. The lowest BCUT2D eigenvalue weighted by Gasteiger charge is -2.27. The number of benzene rings is 1. The van der Waals surface area contributed by atoms with Crippen LogP contribution in [0, 0.1) is 0 Å². The summed E-state index contributed by atoms with van der Waals surface area (Å²) in [6.45, 7) is 3.64. The van der Waals surface area contributed by atoms with E-state index in [1.54, 1.807) is 24.3 Å². The van der Waals surface area contributed by atoms with E-state index in [1.807, 2.05) is 13.8 Å². The molecule has 4 heteroatoms. The van der Waals surface area contributed by atoms with Crippen LogP contribution < -0.4 is 11.1 Å².